The average molecular weight is 308 g/mol. The number of amides is 1. The summed E-state index contributed by atoms with van der Waals surface area (Å²) >= 11 is 4.95. The molecule has 4 nitrogen and oxygen atoms in total. The first-order valence-electron chi connectivity index (χ1n) is 5.79. The SMILES string of the molecule is NC(=S)c1ccccc1NC(=O)C[n+]1ccccc1.[Cl-]. The van der Waals surface area contributed by atoms with Crippen LogP contribution in [0.2, 0.25) is 0 Å². The summed E-state index contributed by atoms with van der Waals surface area (Å²) in [7, 11) is 0. The quantitative estimate of drug-likeness (QED) is 0.520. The van der Waals surface area contributed by atoms with E-state index in [1.807, 2.05) is 42.7 Å². The van der Waals surface area contributed by atoms with Crippen molar-refractivity contribution in [2.24, 2.45) is 5.73 Å². The van der Waals surface area contributed by atoms with E-state index in [-0.39, 0.29) is 29.8 Å². The number of nitrogens with one attached hydrogen (secondary N) is 1. The molecule has 6 heteroatoms. The maximum atomic E-state index is 11.9. The third kappa shape index (κ3) is 4.29. The number of thiocarbonyl (C=S) groups is 1. The number of rotatable bonds is 4. The molecule has 0 spiro atoms. The van der Waals surface area contributed by atoms with Crippen molar-refractivity contribution in [2.45, 2.75) is 6.54 Å². The molecule has 0 bridgehead atoms. The van der Waals surface area contributed by atoms with Crippen LogP contribution in [0.5, 0.6) is 0 Å². The molecule has 2 aromatic rings. The second-order valence-electron chi connectivity index (χ2n) is 4.01. The van der Waals surface area contributed by atoms with Crippen LogP contribution in [0.15, 0.2) is 54.9 Å². The molecule has 1 aromatic heterocycles. The first-order chi connectivity index (χ1) is 9.16. The van der Waals surface area contributed by atoms with Crippen LogP contribution >= 0.6 is 12.2 Å². The first kappa shape index (κ1) is 16.1. The molecular formula is C14H14ClN3OS. The van der Waals surface area contributed by atoms with Crippen LogP contribution in [0.3, 0.4) is 0 Å². The lowest BCUT2D eigenvalue weighted by Gasteiger charge is -2.08. The van der Waals surface area contributed by atoms with Gasteiger partial charge in [0.15, 0.2) is 12.4 Å². The first-order valence-corrected chi connectivity index (χ1v) is 6.20. The lowest BCUT2D eigenvalue weighted by molar-refractivity contribution is -0.684. The minimum Gasteiger partial charge on any atom is -1.00 e. The molecule has 1 aromatic carbocycles. The summed E-state index contributed by atoms with van der Waals surface area (Å²) in [6, 6.07) is 12.9. The fourth-order valence-corrected chi connectivity index (χ4v) is 1.88. The van der Waals surface area contributed by atoms with Crippen molar-refractivity contribution in [2.75, 3.05) is 5.32 Å². The number of aromatic nitrogens is 1. The molecule has 0 aliphatic rings. The molecule has 0 saturated heterocycles. The number of anilines is 1. The van der Waals surface area contributed by atoms with Gasteiger partial charge in [-0.2, -0.15) is 4.57 Å². The molecule has 3 N–H and O–H groups in total. The fourth-order valence-electron chi connectivity index (χ4n) is 1.70. The number of carbonyl (C=O) groups is 1. The van der Waals surface area contributed by atoms with E-state index in [2.05, 4.69) is 5.32 Å². The summed E-state index contributed by atoms with van der Waals surface area (Å²) < 4.78 is 1.79. The van der Waals surface area contributed by atoms with E-state index >= 15 is 0 Å². The van der Waals surface area contributed by atoms with Gasteiger partial charge in [0.25, 0.3) is 5.91 Å². The minimum atomic E-state index is -0.125. The Labute approximate surface area is 129 Å². The molecule has 0 fully saturated rings. The molecule has 0 unspecified atom stereocenters. The zero-order valence-corrected chi connectivity index (χ0v) is 12.2. The molecule has 0 aliphatic carbocycles. The van der Waals surface area contributed by atoms with Gasteiger partial charge in [0.05, 0.1) is 5.69 Å². The summed E-state index contributed by atoms with van der Waals surface area (Å²) in [6.07, 6.45) is 3.66. The molecule has 0 saturated carbocycles. The Morgan fingerprint density at radius 3 is 2.45 bits per heavy atom. The Hall–Kier alpha value is -1.98. The molecule has 0 aliphatic heterocycles. The number of halogens is 1. The van der Waals surface area contributed by atoms with Crippen molar-refractivity contribution in [1.82, 2.24) is 0 Å². The van der Waals surface area contributed by atoms with Crippen LogP contribution in [0.4, 0.5) is 5.69 Å². The zero-order valence-electron chi connectivity index (χ0n) is 10.6. The lowest BCUT2D eigenvalue weighted by atomic mass is 10.2. The number of nitrogens with zero attached hydrogens (tertiary/aromatic N) is 1. The second kappa shape index (κ2) is 7.57. The number of hydrogen-bond donors (Lipinski definition) is 2. The van der Waals surface area contributed by atoms with E-state index in [0.29, 0.717) is 11.3 Å². The van der Waals surface area contributed by atoms with Gasteiger partial charge in [0.2, 0.25) is 6.54 Å². The molecule has 0 atom stereocenters. The van der Waals surface area contributed by atoms with E-state index in [0.717, 1.165) is 0 Å². The summed E-state index contributed by atoms with van der Waals surface area (Å²) in [6.45, 7) is 0.243. The van der Waals surface area contributed by atoms with E-state index in [9.17, 15) is 4.79 Å². The van der Waals surface area contributed by atoms with Gasteiger partial charge in [-0.3, -0.25) is 4.79 Å². The highest BCUT2D eigenvalue weighted by Gasteiger charge is 2.11. The largest absolute Gasteiger partial charge is 1.00 e. The maximum Gasteiger partial charge on any atom is 0.290 e. The third-order valence-electron chi connectivity index (χ3n) is 2.57. The standard InChI is InChI=1S/C14H13N3OS.ClH/c15-14(19)11-6-2-3-7-12(11)16-13(18)10-17-8-4-1-5-9-17;/h1-9H,10H2,(H2-,15,16,18,19);1H. The number of para-hydroxylation sites is 1. The van der Waals surface area contributed by atoms with E-state index < -0.39 is 0 Å². The van der Waals surface area contributed by atoms with Gasteiger partial charge >= 0.3 is 0 Å². The second-order valence-corrected chi connectivity index (χ2v) is 4.45. The number of hydrogen-bond acceptors (Lipinski definition) is 2. The molecular weight excluding hydrogens is 294 g/mol. The molecule has 1 heterocycles. The predicted molar refractivity (Wildman–Crippen MR) is 77.6 cm³/mol. The number of benzene rings is 1. The summed E-state index contributed by atoms with van der Waals surface area (Å²) in [5.74, 6) is -0.125. The molecule has 20 heavy (non-hydrogen) atoms. The van der Waals surface area contributed by atoms with Crippen molar-refractivity contribution in [3.05, 3.63) is 60.4 Å². The van der Waals surface area contributed by atoms with Crippen molar-refractivity contribution < 1.29 is 21.8 Å². The van der Waals surface area contributed by atoms with Gasteiger partial charge in [-0.05, 0) is 12.1 Å². The van der Waals surface area contributed by atoms with Gasteiger partial charge in [0, 0.05) is 17.7 Å². The van der Waals surface area contributed by atoms with Gasteiger partial charge in [-0.25, -0.2) is 0 Å². The van der Waals surface area contributed by atoms with Crippen molar-refractivity contribution >= 4 is 28.8 Å². The topological polar surface area (TPSA) is 59.0 Å². The average Bonchev–Trinajstić information content (AvgIpc) is 2.40. The van der Waals surface area contributed by atoms with Crippen molar-refractivity contribution in [1.29, 1.82) is 0 Å². The molecule has 1 amide bonds. The van der Waals surface area contributed by atoms with Crippen molar-refractivity contribution in [3.8, 4) is 0 Å². The summed E-state index contributed by atoms with van der Waals surface area (Å²) in [4.78, 5) is 12.2. The van der Waals surface area contributed by atoms with Crippen LogP contribution < -0.4 is 28.0 Å². The van der Waals surface area contributed by atoms with Crippen LogP contribution in [-0.2, 0) is 11.3 Å². The normalized spacial score (nSPS) is 9.40. The highest BCUT2D eigenvalue weighted by molar-refractivity contribution is 7.80. The molecule has 104 valence electrons. The Kier molecular flexibility index (Phi) is 6.09. The number of carbonyl (C=O) groups excluding carboxylic acids is 1. The monoisotopic (exact) mass is 307 g/mol. The van der Waals surface area contributed by atoms with E-state index in [4.69, 9.17) is 18.0 Å². The lowest BCUT2D eigenvalue weighted by Crippen LogP contribution is -3.00. The highest BCUT2D eigenvalue weighted by Crippen LogP contribution is 2.14. The van der Waals surface area contributed by atoms with Crippen LogP contribution in [-0.4, -0.2) is 10.9 Å². The highest BCUT2D eigenvalue weighted by atomic mass is 35.5. The summed E-state index contributed by atoms with van der Waals surface area (Å²) in [5, 5.41) is 2.81. The zero-order chi connectivity index (χ0) is 13.7. The van der Waals surface area contributed by atoms with Crippen LogP contribution in [0.1, 0.15) is 5.56 Å². The Morgan fingerprint density at radius 2 is 1.80 bits per heavy atom. The van der Waals surface area contributed by atoms with E-state index in [1.165, 1.54) is 0 Å². The maximum absolute atomic E-state index is 11.9. The van der Waals surface area contributed by atoms with Gasteiger partial charge < -0.3 is 23.5 Å². The van der Waals surface area contributed by atoms with E-state index in [1.54, 1.807) is 16.7 Å². The Bertz CT molecular complexity index is 604. The van der Waals surface area contributed by atoms with Gasteiger partial charge in [-0.1, -0.05) is 30.4 Å². The summed E-state index contributed by atoms with van der Waals surface area (Å²) in [5.41, 5.74) is 6.92. The molecule has 2 rings (SSSR count). The third-order valence-corrected chi connectivity index (χ3v) is 2.79. The number of nitrogens with two attached hydrogens (primary N) is 1. The van der Waals surface area contributed by atoms with Crippen LogP contribution in [0.25, 0.3) is 0 Å². The Balaban J connectivity index is 0.00000200. The number of pyridine rings is 1. The van der Waals surface area contributed by atoms with Crippen molar-refractivity contribution in [3.63, 3.8) is 0 Å². The van der Waals surface area contributed by atoms with Gasteiger partial charge in [-0.15, -0.1) is 0 Å². The molecule has 0 radical (unpaired) electrons. The smallest absolute Gasteiger partial charge is 0.290 e. The fraction of sp³-hybridized carbons (Fsp3) is 0.0714. The minimum absolute atomic E-state index is 0. The van der Waals surface area contributed by atoms with Gasteiger partial charge in [0.1, 0.15) is 4.99 Å². The van der Waals surface area contributed by atoms with Crippen LogP contribution in [0, 0.1) is 0 Å². The Morgan fingerprint density at radius 1 is 1.15 bits per heavy atom. The predicted octanol–water partition coefficient (Wildman–Crippen LogP) is -1.75.